The highest BCUT2D eigenvalue weighted by Crippen LogP contribution is 2.28. The van der Waals surface area contributed by atoms with E-state index in [0.29, 0.717) is 19.6 Å². The van der Waals surface area contributed by atoms with Crippen LogP contribution >= 0.6 is 0 Å². The molecule has 6 nitrogen and oxygen atoms in total. The Labute approximate surface area is 173 Å². The number of amides is 2. The van der Waals surface area contributed by atoms with Crippen molar-refractivity contribution >= 4 is 17.5 Å². The maximum absolute atomic E-state index is 12.5. The molecule has 0 bridgehead atoms. The molecule has 2 aliphatic rings. The maximum Gasteiger partial charge on any atom is 0.223 e. The standard InChI is InChI=1S/C23H33N3O3/c1-29-21-10-6-5-9-20(21)25-15-17-26(18-16-25)23(28)12-11-22(27)24-14-13-19-7-3-2-4-8-19/h5-7,9-10H,2-4,8,11-18H2,1H3,(H,24,27). The normalized spacial score (nSPS) is 16.9. The predicted molar refractivity (Wildman–Crippen MR) is 115 cm³/mol. The first-order valence-corrected chi connectivity index (χ1v) is 10.8. The van der Waals surface area contributed by atoms with Crippen LogP contribution in [0.4, 0.5) is 5.69 Å². The number of piperazine rings is 1. The van der Waals surface area contributed by atoms with Gasteiger partial charge in [-0.2, -0.15) is 0 Å². The number of hydrogen-bond donors (Lipinski definition) is 1. The molecule has 1 aromatic carbocycles. The third-order valence-electron chi connectivity index (χ3n) is 5.78. The smallest absolute Gasteiger partial charge is 0.223 e. The van der Waals surface area contributed by atoms with Gasteiger partial charge in [0.2, 0.25) is 11.8 Å². The largest absolute Gasteiger partial charge is 0.495 e. The summed E-state index contributed by atoms with van der Waals surface area (Å²) in [5, 5.41) is 2.96. The van der Waals surface area contributed by atoms with Gasteiger partial charge in [-0.05, 0) is 44.2 Å². The van der Waals surface area contributed by atoms with Crippen molar-refractivity contribution in [3.8, 4) is 5.75 Å². The Morgan fingerprint density at radius 2 is 1.86 bits per heavy atom. The molecule has 1 aromatic rings. The minimum atomic E-state index is -0.0255. The first-order chi connectivity index (χ1) is 14.2. The number of carbonyl (C=O) groups excluding carboxylic acids is 2. The zero-order chi connectivity index (χ0) is 20.5. The van der Waals surface area contributed by atoms with E-state index < -0.39 is 0 Å². The van der Waals surface area contributed by atoms with Gasteiger partial charge in [0.15, 0.2) is 0 Å². The molecule has 3 rings (SSSR count). The highest BCUT2D eigenvalue weighted by atomic mass is 16.5. The van der Waals surface area contributed by atoms with E-state index in [0.717, 1.165) is 37.4 Å². The van der Waals surface area contributed by atoms with Crippen LogP contribution in [0.2, 0.25) is 0 Å². The number of hydrogen-bond acceptors (Lipinski definition) is 4. The third-order valence-corrected chi connectivity index (χ3v) is 5.78. The highest BCUT2D eigenvalue weighted by molar-refractivity contribution is 5.84. The van der Waals surface area contributed by atoms with Gasteiger partial charge in [-0.25, -0.2) is 0 Å². The lowest BCUT2D eigenvalue weighted by molar-refractivity contribution is -0.133. The van der Waals surface area contributed by atoms with E-state index in [1.54, 1.807) is 7.11 Å². The Morgan fingerprint density at radius 1 is 1.07 bits per heavy atom. The summed E-state index contributed by atoms with van der Waals surface area (Å²) in [5.41, 5.74) is 2.52. The minimum Gasteiger partial charge on any atom is -0.495 e. The molecule has 2 amide bonds. The van der Waals surface area contributed by atoms with Gasteiger partial charge in [-0.3, -0.25) is 9.59 Å². The summed E-state index contributed by atoms with van der Waals surface area (Å²) in [6.45, 7) is 3.57. The van der Waals surface area contributed by atoms with Crippen LogP contribution in [-0.4, -0.2) is 56.5 Å². The number of anilines is 1. The summed E-state index contributed by atoms with van der Waals surface area (Å²) >= 11 is 0. The molecule has 1 aliphatic carbocycles. The molecule has 0 aromatic heterocycles. The Morgan fingerprint density at radius 3 is 2.59 bits per heavy atom. The summed E-state index contributed by atoms with van der Waals surface area (Å²) in [4.78, 5) is 28.7. The van der Waals surface area contributed by atoms with Gasteiger partial charge in [0.1, 0.15) is 5.75 Å². The molecule has 158 valence electrons. The zero-order valence-corrected chi connectivity index (χ0v) is 17.5. The van der Waals surface area contributed by atoms with Crippen LogP contribution in [0.15, 0.2) is 35.9 Å². The van der Waals surface area contributed by atoms with Gasteiger partial charge in [0.25, 0.3) is 0 Å². The van der Waals surface area contributed by atoms with Crippen LogP contribution in [0, 0.1) is 0 Å². The maximum atomic E-state index is 12.5. The molecular weight excluding hydrogens is 366 g/mol. The number of nitrogens with one attached hydrogen (secondary N) is 1. The number of rotatable bonds is 8. The van der Waals surface area contributed by atoms with E-state index in [4.69, 9.17) is 4.74 Å². The number of ether oxygens (including phenoxy) is 1. The molecule has 1 fully saturated rings. The Balaban J connectivity index is 1.35. The lowest BCUT2D eigenvalue weighted by atomic mass is 9.97. The average Bonchev–Trinajstić information content (AvgIpc) is 2.78. The Bertz CT molecular complexity index is 724. The summed E-state index contributed by atoms with van der Waals surface area (Å²) in [7, 11) is 1.68. The van der Waals surface area contributed by atoms with E-state index in [2.05, 4.69) is 16.3 Å². The van der Waals surface area contributed by atoms with E-state index in [1.165, 1.54) is 24.8 Å². The lowest BCUT2D eigenvalue weighted by Crippen LogP contribution is -2.49. The monoisotopic (exact) mass is 399 g/mol. The molecule has 1 saturated heterocycles. The molecule has 1 N–H and O–H groups in total. The number of allylic oxidation sites excluding steroid dienone is 1. The van der Waals surface area contributed by atoms with Crippen molar-refractivity contribution < 1.29 is 14.3 Å². The molecular formula is C23H33N3O3. The average molecular weight is 400 g/mol. The van der Waals surface area contributed by atoms with Crippen LogP contribution < -0.4 is 15.0 Å². The van der Waals surface area contributed by atoms with Crippen LogP contribution in [0.1, 0.15) is 44.9 Å². The highest BCUT2D eigenvalue weighted by Gasteiger charge is 2.23. The Kier molecular flexibility index (Phi) is 7.96. The number of benzene rings is 1. The van der Waals surface area contributed by atoms with Crippen LogP contribution in [0.25, 0.3) is 0 Å². The van der Waals surface area contributed by atoms with E-state index in [1.807, 2.05) is 29.2 Å². The second kappa shape index (κ2) is 10.9. The summed E-state index contributed by atoms with van der Waals surface area (Å²) in [6.07, 6.45) is 8.67. The molecule has 0 atom stereocenters. The van der Waals surface area contributed by atoms with Gasteiger partial charge in [-0.15, -0.1) is 0 Å². The predicted octanol–water partition coefficient (Wildman–Crippen LogP) is 3.13. The van der Waals surface area contributed by atoms with Crippen molar-refractivity contribution in [2.24, 2.45) is 0 Å². The van der Waals surface area contributed by atoms with E-state index in [-0.39, 0.29) is 24.7 Å². The molecule has 0 unspecified atom stereocenters. The second-order valence-electron chi connectivity index (χ2n) is 7.75. The van der Waals surface area contributed by atoms with Crippen LogP contribution in [0.5, 0.6) is 5.75 Å². The molecule has 1 aliphatic heterocycles. The molecule has 6 heteroatoms. The van der Waals surface area contributed by atoms with Crippen LogP contribution in [-0.2, 0) is 9.59 Å². The first-order valence-electron chi connectivity index (χ1n) is 10.8. The fourth-order valence-corrected chi connectivity index (χ4v) is 4.05. The Hall–Kier alpha value is -2.50. The van der Waals surface area contributed by atoms with Gasteiger partial charge < -0.3 is 19.9 Å². The van der Waals surface area contributed by atoms with Crippen molar-refractivity contribution in [2.45, 2.75) is 44.9 Å². The van der Waals surface area contributed by atoms with Crippen molar-refractivity contribution in [2.75, 3.05) is 44.7 Å². The van der Waals surface area contributed by atoms with Gasteiger partial charge in [0.05, 0.1) is 12.8 Å². The van der Waals surface area contributed by atoms with Gasteiger partial charge in [-0.1, -0.05) is 23.8 Å². The van der Waals surface area contributed by atoms with Gasteiger partial charge >= 0.3 is 0 Å². The SMILES string of the molecule is COc1ccccc1N1CCN(C(=O)CCC(=O)NCCC2=CCCCC2)CC1. The van der Waals surface area contributed by atoms with Crippen LogP contribution in [0.3, 0.4) is 0 Å². The third kappa shape index (κ3) is 6.24. The number of para-hydroxylation sites is 2. The van der Waals surface area contributed by atoms with Crippen molar-refractivity contribution in [1.82, 2.24) is 10.2 Å². The number of methoxy groups -OCH3 is 1. The fourth-order valence-electron chi connectivity index (χ4n) is 4.05. The molecule has 0 radical (unpaired) electrons. The molecule has 29 heavy (non-hydrogen) atoms. The van der Waals surface area contributed by atoms with E-state index >= 15 is 0 Å². The number of carbonyl (C=O) groups is 2. The van der Waals surface area contributed by atoms with E-state index in [9.17, 15) is 9.59 Å². The molecule has 1 heterocycles. The van der Waals surface area contributed by atoms with Gasteiger partial charge in [0, 0.05) is 45.6 Å². The topological polar surface area (TPSA) is 61.9 Å². The quantitative estimate of drug-likeness (QED) is 0.682. The summed E-state index contributed by atoms with van der Waals surface area (Å²) in [6, 6.07) is 7.96. The zero-order valence-electron chi connectivity index (χ0n) is 17.5. The molecule has 0 saturated carbocycles. The van der Waals surface area contributed by atoms with Crippen molar-refractivity contribution in [3.63, 3.8) is 0 Å². The summed E-state index contributed by atoms with van der Waals surface area (Å²) in [5.74, 6) is 0.894. The lowest BCUT2D eigenvalue weighted by Gasteiger charge is -2.36. The minimum absolute atomic E-state index is 0.0255. The van der Waals surface area contributed by atoms with Crippen molar-refractivity contribution in [3.05, 3.63) is 35.9 Å². The fraction of sp³-hybridized carbons (Fsp3) is 0.565. The second-order valence-corrected chi connectivity index (χ2v) is 7.75. The van der Waals surface area contributed by atoms with Crippen molar-refractivity contribution in [1.29, 1.82) is 0 Å². The number of nitrogens with zero attached hydrogens (tertiary/aromatic N) is 2. The summed E-state index contributed by atoms with van der Waals surface area (Å²) < 4.78 is 5.44. The first kappa shape index (κ1) is 21.2. The molecule has 0 spiro atoms.